The Kier molecular flexibility index (Phi) is 4.14. The second-order valence-corrected chi connectivity index (χ2v) is 4.48. The van der Waals surface area contributed by atoms with Crippen LogP contribution in [0.3, 0.4) is 0 Å². The number of carboxylic acid groups (broad SMARTS) is 1. The van der Waals surface area contributed by atoms with Gasteiger partial charge in [-0.25, -0.2) is 4.79 Å². The highest BCUT2D eigenvalue weighted by atomic mass is 16.4. The Morgan fingerprint density at radius 2 is 1.37 bits per heavy atom. The maximum absolute atomic E-state index is 10.9. The maximum Gasteiger partial charge on any atom is 0.328 e. The minimum absolute atomic E-state index is 0.0153. The molecule has 2 heteroatoms. The summed E-state index contributed by atoms with van der Waals surface area (Å²) >= 11 is 0. The quantitative estimate of drug-likeness (QED) is 0.839. The van der Waals surface area contributed by atoms with Gasteiger partial charge in [0.05, 0.1) is 0 Å². The van der Waals surface area contributed by atoms with Gasteiger partial charge in [0.15, 0.2) is 0 Å². The third-order valence-electron chi connectivity index (χ3n) is 3.07. The molecule has 0 saturated heterocycles. The zero-order valence-corrected chi connectivity index (χ0v) is 10.8. The van der Waals surface area contributed by atoms with Crippen LogP contribution in [0.1, 0.15) is 24.0 Å². The van der Waals surface area contributed by atoms with Gasteiger partial charge in [0.2, 0.25) is 0 Å². The Morgan fingerprint density at radius 1 is 0.947 bits per heavy atom. The lowest BCUT2D eigenvalue weighted by Crippen LogP contribution is -2.04. The number of carbonyl (C=O) groups is 1. The lowest BCUT2D eigenvalue weighted by molar-refractivity contribution is -0.131. The highest BCUT2D eigenvalue weighted by Crippen LogP contribution is 2.31. The van der Waals surface area contributed by atoms with E-state index in [1.165, 1.54) is 6.08 Å². The Morgan fingerprint density at radius 3 is 1.74 bits per heavy atom. The van der Waals surface area contributed by atoms with Crippen molar-refractivity contribution in [3.8, 4) is 0 Å². The molecule has 0 bridgehead atoms. The number of hydrogen-bond acceptors (Lipinski definition) is 1. The molecule has 0 fully saturated rings. The second-order valence-electron chi connectivity index (χ2n) is 4.48. The number of benzene rings is 2. The first kappa shape index (κ1) is 13.1. The third kappa shape index (κ3) is 3.32. The van der Waals surface area contributed by atoms with E-state index in [0.717, 1.165) is 16.7 Å². The summed E-state index contributed by atoms with van der Waals surface area (Å²) in [6.45, 7) is 1.86. The monoisotopic (exact) mass is 252 g/mol. The van der Waals surface area contributed by atoms with Gasteiger partial charge >= 0.3 is 5.97 Å². The number of allylic oxidation sites excluding steroid dienone is 1. The molecule has 0 saturated carbocycles. The summed E-state index contributed by atoms with van der Waals surface area (Å²) in [4.78, 5) is 10.9. The summed E-state index contributed by atoms with van der Waals surface area (Å²) in [5.74, 6) is -0.923. The summed E-state index contributed by atoms with van der Waals surface area (Å²) < 4.78 is 0. The molecule has 96 valence electrons. The summed E-state index contributed by atoms with van der Waals surface area (Å²) in [6, 6.07) is 19.9. The molecule has 0 atom stereocenters. The van der Waals surface area contributed by atoms with E-state index < -0.39 is 5.97 Å². The SMILES string of the molecule is C/C(=C\C(=O)O)C(c1ccccc1)c1ccccc1. The number of aliphatic carboxylic acids is 1. The van der Waals surface area contributed by atoms with Gasteiger partial charge in [-0.2, -0.15) is 0 Å². The zero-order valence-electron chi connectivity index (χ0n) is 10.8. The predicted octanol–water partition coefficient (Wildman–Crippen LogP) is 3.85. The van der Waals surface area contributed by atoms with E-state index in [-0.39, 0.29) is 5.92 Å². The van der Waals surface area contributed by atoms with Gasteiger partial charge in [-0.05, 0) is 18.1 Å². The van der Waals surface area contributed by atoms with Crippen LogP contribution >= 0.6 is 0 Å². The van der Waals surface area contributed by atoms with E-state index >= 15 is 0 Å². The molecular formula is C17H16O2. The highest BCUT2D eigenvalue weighted by Gasteiger charge is 2.16. The summed E-state index contributed by atoms with van der Waals surface area (Å²) in [5, 5.41) is 8.95. The minimum atomic E-state index is -0.908. The molecule has 0 aliphatic rings. The van der Waals surface area contributed by atoms with Crippen molar-refractivity contribution >= 4 is 5.97 Å². The number of hydrogen-bond donors (Lipinski definition) is 1. The van der Waals surface area contributed by atoms with Crippen LogP contribution < -0.4 is 0 Å². The fourth-order valence-corrected chi connectivity index (χ4v) is 2.29. The van der Waals surface area contributed by atoms with Gasteiger partial charge in [-0.1, -0.05) is 66.2 Å². The van der Waals surface area contributed by atoms with Gasteiger partial charge in [0.1, 0.15) is 0 Å². The van der Waals surface area contributed by atoms with Crippen LogP contribution in [0.5, 0.6) is 0 Å². The summed E-state index contributed by atoms with van der Waals surface area (Å²) in [7, 11) is 0. The molecule has 0 aromatic heterocycles. The molecule has 0 heterocycles. The van der Waals surface area contributed by atoms with Gasteiger partial charge in [0, 0.05) is 12.0 Å². The second kappa shape index (κ2) is 6.01. The fourth-order valence-electron chi connectivity index (χ4n) is 2.29. The van der Waals surface area contributed by atoms with E-state index in [9.17, 15) is 4.79 Å². The molecule has 2 aromatic carbocycles. The lowest BCUT2D eigenvalue weighted by Gasteiger charge is -2.18. The molecule has 0 radical (unpaired) electrons. The molecule has 1 N–H and O–H groups in total. The Labute approximate surface area is 113 Å². The predicted molar refractivity (Wildman–Crippen MR) is 76.1 cm³/mol. The highest BCUT2D eigenvalue weighted by molar-refractivity contribution is 5.81. The Hall–Kier alpha value is -2.35. The van der Waals surface area contributed by atoms with Crippen LogP contribution in [0.4, 0.5) is 0 Å². The van der Waals surface area contributed by atoms with Crippen molar-refractivity contribution in [2.24, 2.45) is 0 Å². The average molecular weight is 252 g/mol. The molecule has 0 spiro atoms. The summed E-state index contributed by atoms with van der Waals surface area (Å²) in [6.07, 6.45) is 1.28. The normalized spacial score (nSPS) is 11.6. The van der Waals surface area contributed by atoms with Crippen LogP contribution in [-0.4, -0.2) is 11.1 Å². The first-order valence-electron chi connectivity index (χ1n) is 6.19. The minimum Gasteiger partial charge on any atom is -0.478 e. The molecule has 0 aliphatic heterocycles. The van der Waals surface area contributed by atoms with Crippen molar-refractivity contribution in [1.82, 2.24) is 0 Å². The zero-order chi connectivity index (χ0) is 13.7. The van der Waals surface area contributed by atoms with Crippen molar-refractivity contribution in [2.45, 2.75) is 12.8 Å². The van der Waals surface area contributed by atoms with Gasteiger partial charge in [0.25, 0.3) is 0 Å². The molecule has 2 aromatic rings. The first-order chi connectivity index (χ1) is 9.18. The van der Waals surface area contributed by atoms with E-state index in [2.05, 4.69) is 0 Å². The van der Waals surface area contributed by atoms with Gasteiger partial charge in [-0.15, -0.1) is 0 Å². The molecule has 0 unspecified atom stereocenters. The largest absolute Gasteiger partial charge is 0.478 e. The van der Waals surface area contributed by atoms with E-state index in [0.29, 0.717) is 0 Å². The van der Waals surface area contributed by atoms with Gasteiger partial charge < -0.3 is 5.11 Å². The van der Waals surface area contributed by atoms with E-state index in [4.69, 9.17) is 5.11 Å². The maximum atomic E-state index is 10.9. The lowest BCUT2D eigenvalue weighted by atomic mass is 9.85. The molecular weight excluding hydrogens is 236 g/mol. The van der Waals surface area contributed by atoms with Crippen molar-refractivity contribution in [3.05, 3.63) is 83.4 Å². The van der Waals surface area contributed by atoms with Crippen LogP contribution in [0, 0.1) is 0 Å². The number of carboxylic acids is 1. The average Bonchev–Trinajstić information content (AvgIpc) is 2.40. The van der Waals surface area contributed by atoms with Crippen molar-refractivity contribution < 1.29 is 9.90 Å². The molecule has 0 amide bonds. The Bertz CT molecular complexity index is 531. The molecule has 2 nitrogen and oxygen atoms in total. The summed E-state index contributed by atoms with van der Waals surface area (Å²) in [5.41, 5.74) is 3.03. The molecule has 2 rings (SSSR count). The standard InChI is InChI=1S/C17H16O2/c1-13(12-16(18)19)17(14-8-4-2-5-9-14)15-10-6-3-7-11-15/h2-12,17H,1H3,(H,18,19)/b13-12+. The fraction of sp³-hybridized carbons (Fsp3) is 0.118. The van der Waals surface area contributed by atoms with Gasteiger partial charge in [-0.3, -0.25) is 0 Å². The van der Waals surface area contributed by atoms with Crippen LogP contribution in [-0.2, 0) is 4.79 Å². The van der Waals surface area contributed by atoms with Crippen LogP contribution in [0.2, 0.25) is 0 Å². The van der Waals surface area contributed by atoms with E-state index in [1.54, 1.807) is 0 Å². The molecule has 19 heavy (non-hydrogen) atoms. The van der Waals surface area contributed by atoms with Crippen molar-refractivity contribution in [2.75, 3.05) is 0 Å². The van der Waals surface area contributed by atoms with Crippen molar-refractivity contribution in [3.63, 3.8) is 0 Å². The van der Waals surface area contributed by atoms with Crippen LogP contribution in [0.15, 0.2) is 72.3 Å². The molecule has 0 aliphatic carbocycles. The topological polar surface area (TPSA) is 37.3 Å². The Balaban J connectivity index is 2.49. The number of rotatable bonds is 4. The first-order valence-corrected chi connectivity index (χ1v) is 6.19. The van der Waals surface area contributed by atoms with Crippen molar-refractivity contribution in [1.29, 1.82) is 0 Å². The van der Waals surface area contributed by atoms with Crippen LogP contribution in [0.25, 0.3) is 0 Å². The smallest absolute Gasteiger partial charge is 0.328 e. The van der Waals surface area contributed by atoms with E-state index in [1.807, 2.05) is 67.6 Å². The third-order valence-corrected chi connectivity index (χ3v) is 3.07.